The van der Waals surface area contributed by atoms with E-state index in [-0.39, 0.29) is 24.5 Å². The average Bonchev–Trinajstić information content (AvgIpc) is 2.58. The third kappa shape index (κ3) is 6.70. The van der Waals surface area contributed by atoms with Crippen LogP contribution in [-0.4, -0.2) is 61.3 Å². The van der Waals surface area contributed by atoms with Gasteiger partial charge < -0.3 is 19.7 Å². The molecule has 1 aliphatic heterocycles. The molecule has 1 heterocycles. The molecule has 7 heteroatoms. The number of carbonyl (C=O) groups excluding carboxylic acids is 2. The van der Waals surface area contributed by atoms with Crippen molar-refractivity contribution in [2.45, 2.75) is 38.8 Å². The molecule has 1 aromatic rings. The van der Waals surface area contributed by atoms with Gasteiger partial charge in [-0.15, -0.1) is 0 Å². The molecule has 0 bridgehead atoms. The zero-order chi connectivity index (χ0) is 19.2. The van der Waals surface area contributed by atoms with E-state index in [2.05, 4.69) is 21.2 Å². The van der Waals surface area contributed by atoms with E-state index in [9.17, 15) is 9.59 Å². The van der Waals surface area contributed by atoms with Crippen LogP contribution < -0.4 is 5.32 Å². The Hall–Kier alpha value is -1.44. The first kappa shape index (κ1) is 20.9. The number of rotatable bonds is 6. The summed E-state index contributed by atoms with van der Waals surface area (Å²) in [6.07, 6.45) is 0.393. The molecule has 26 heavy (non-hydrogen) atoms. The lowest BCUT2D eigenvalue weighted by Gasteiger charge is -2.36. The molecule has 1 unspecified atom stereocenters. The van der Waals surface area contributed by atoms with Crippen molar-refractivity contribution >= 4 is 27.8 Å². The summed E-state index contributed by atoms with van der Waals surface area (Å²) in [4.78, 5) is 26.2. The molecular formula is C19H27BrN2O4. The van der Waals surface area contributed by atoms with Gasteiger partial charge in [0, 0.05) is 16.6 Å². The Morgan fingerprint density at radius 3 is 2.65 bits per heavy atom. The Bertz CT molecular complexity index is 613. The largest absolute Gasteiger partial charge is 0.444 e. The smallest absolute Gasteiger partial charge is 0.410 e. The summed E-state index contributed by atoms with van der Waals surface area (Å²) >= 11 is 3.36. The summed E-state index contributed by atoms with van der Waals surface area (Å²) in [5.74, 6) is 0.0430. The van der Waals surface area contributed by atoms with Crippen molar-refractivity contribution in [1.82, 2.24) is 10.2 Å². The van der Waals surface area contributed by atoms with Crippen LogP contribution in [0.4, 0.5) is 4.79 Å². The third-order valence-corrected chi connectivity index (χ3v) is 4.49. The second-order valence-corrected chi connectivity index (χ2v) is 8.21. The molecule has 0 radical (unpaired) electrons. The number of ketones is 1. The molecule has 1 saturated heterocycles. The monoisotopic (exact) mass is 426 g/mol. The molecule has 0 aromatic heterocycles. The minimum Gasteiger partial charge on any atom is -0.444 e. The summed E-state index contributed by atoms with van der Waals surface area (Å²) in [5.41, 5.74) is 0.159. The average molecular weight is 427 g/mol. The first-order chi connectivity index (χ1) is 12.3. The van der Waals surface area contributed by atoms with Gasteiger partial charge in [0.25, 0.3) is 0 Å². The number of Topliss-reactive ketones (excluding diaryl/α,β-unsaturated/α-hetero) is 1. The minimum absolute atomic E-state index is 0.0430. The predicted molar refractivity (Wildman–Crippen MR) is 104 cm³/mol. The Labute approximate surface area is 163 Å². The molecule has 6 nitrogen and oxygen atoms in total. The zero-order valence-electron chi connectivity index (χ0n) is 15.6. The third-order valence-electron chi connectivity index (χ3n) is 3.96. The molecule has 1 atom stereocenters. The van der Waals surface area contributed by atoms with Gasteiger partial charge in [0.2, 0.25) is 0 Å². The second kappa shape index (κ2) is 9.48. The number of halogens is 1. The van der Waals surface area contributed by atoms with E-state index in [1.807, 2.05) is 32.9 Å². The van der Waals surface area contributed by atoms with E-state index in [4.69, 9.17) is 9.47 Å². The highest BCUT2D eigenvalue weighted by Gasteiger charge is 2.30. The SMILES string of the molecule is CC(C)(C)OC(=O)N1CCOCC1CCNCC(=O)c1ccc(Br)cc1. The zero-order valence-corrected chi connectivity index (χ0v) is 17.2. The number of amides is 1. The van der Waals surface area contributed by atoms with Crippen LogP contribution in [0.5, 0.6) is 0 Å². The Kier molecular flexibility index (Phi) is 7.61. The molecule has 144 valence electrons. The normalized spacial score (nSPS) is 17.8. The number of ether oxygens (including phenoxy) is 2. The number of carbonyl (C=O) groups is 2. The first-order valence-electron chi connectivity index (χ1n) is 8.83. The number of hydrogen-bond acceptors (Lipinski definition) is 5. The van der Waals surface area contributed by atoms with E-state index < -0.39 is 5.60 Å². The van der Waals surface area contributed by atoms with Gasteiger partial charge in [-0.25, -0.2) is 4.79 Å². The molecule has 0 saturated carbocycles. The molecule has 0 aliphatic carbocycles. The van der Waals surface area contributed by atoms with E-state index in [0.717, 1.165) is 4.47 Å². The fourth-order valence-electron chi connectivity index (χ4n) is 2.66. The fraction of sp³-hybridized carbons (Fsp3) is 0.579. The van der Waals surface area contributed by atoms with Gasteiger partial charge in [-0.2, -0.15) is 0 Å². The van der Waals surface area contributed by atoms with Crippen LogP contribution in [-0.2, 0) is 9.47 Å². The van der Waals surface area contributed by atoms with Gasteiger partial charge in [0.15, 0.2) is 5.78 Å². The number of hydrogen-bond donors (Lipinski definition) is 1. The standard InChI is InChI=1S/C19H27BrN2O4/c1-19(2,3)26-18(24)22-10-11-25-13-16(22)8-9-21-12-17(23)14-4-6-15(20)7-5-14/h4-7,16,21H,8-13H2,1-3H3. The Balaban J connectivity index is 1.78. The highest BCUT2D eigenvalue weighted by Crippen LogP contribution is 2.16. The quantitative estimate of drug-likeness (QED) is 0.558. The van der Waals surface area contributed by atoms with Gasteiger partial charge in [-0.1, -0.05) is 28.1 Å². The van der Waals surface area contributed by atoms with Crippen LogP contribution >= 0.6 is 15.9 Å². The molecule has 0 spiro atoms. The molecule has 1 fully saturated rings. The number of benzene rings is 1. The Morgan fingerprint density at radius 2 is 2.00 bits per heavy atom. The summed E-state index contributed by atoms with van der Waals surface area (Å²) in [6.45, 7) is 7.99. The van der Waals surface area contributed by atoms with Gasteiger partial charge >= 0.3 is 6.09 Å². The van der Waals surface area contributed by atoms with Crippen LogP contribution in [0, 0.1) is 0 Å². The first-order valence-corrected chi connectivity index (χ1v) is 9.62. The predicted octanol–water partition coefficient (Wildman–Crippen LogP) is 3.25. The van der Waals surface area contributed by atoms with Crippen molar-refractivity contribution in [2.75, 3.05) is 32.8 Å². The molecular weight excluding hydrogens is 400 g/mol. The number of nitrogens with zero attached hydrogens (tertiary/aromatic N) is 1. The van der Waals surface area contributed by atoms with Crippen molar-refractivity contribution in [3.8, 4) is 0 Å². The maximum Gasteiger partial charge on any atom is 0.410 e. The lowest BCUT2D eigenvalue weighted by atomic mass is 10.1. The second-order valence-electron chi connectivity index (χ2n) is 7.30. The van der Waals surface area contributed by atoms with Gasteiger partial charge in [0.1, 0.15) is 5.60 Å². The van der Waals surface area contributed by atoms with Crippen LogP contribution in [0.1, 0.15) is 37.6 Å². The summed E-state index contributed by atoms with van der Waals surface area (Å²) in [5, 5.41) is 3.16. The highest BCUT2D eigenvalue weighted by atomic mass is 79.9. The Morgan fingerprint density at radius 1 is 1.31 bits per heavy atom. The summed E-state index contributed by atoms with van der Waals surface area (Å²) < 4.78 is 11.9. The summed E-state index contributed by atoms with van der Waals surface area (Å²) in [7, 11) is 0. The van der Waals surface area contributed by atoms with Crippen LogP contribution in [0.15, 0.2) is 28.7 Å². The molecule has 1 aliphatic rings. The fourth-order valence-corrected chi connectivity index (χ4v) is 2.93. The van der Waals surface area contributed by atoms with Crippen LogP contribution in [0.25, 0.3) is 0 Å². The van der Waals surface area contributed by atoms with Crippen LogP contribution in [0.2, 0.25) is 0 Å². The molecule has 1 N–H and O–H groups in total. The lowest BCUT2D eigenvalue weighted by molar-refractivity contribution is -0.0337. The van der Waals surface area contributed by atoms with E-state index in [1.165, 1.54) is 0 Å². The van der Waals surface area contributed by atoms with Crippen molar-refractivity contribution in [2.24, 2.45) is 0 Å². The van der Waals surface area contributed by atoms with Gasteiger partial charge in [-0.3, -0.25) is 4.79 Å². The van der Waals surface area contributed by atoms with Crippen molar-refractivity contribution < 1.29 is 19.1 Å². The van der Waals surface area contributed by atoms with Crippen molar-refractivity contribution in [3.05, 3.63) is 34.3 Å². The maximum atomic E-state index is 12.3. The number of nitrogens with one attached hydrogen (secondary N) is 1. The molecule has 1 aromatic carbocycles. The van der Waals surface area contributed by atoms with E-state index in [0.29, 0.717) is 38.3 Å². The summed E-state index contributed by atoms with van der Waals surface area (Å²) in [6, 6.07) is 7.26. The number of morpholine rings is 1. The van der Waals surface area contributed by atoms with Crippen LogP contribution in [0.3, 0.4) is 0 Å². The van der Waals surface area contributed by atoms with Crippen molar-refractivity contribution in [3.63, 3.8) is 0 Å². The topological polar surface area (TPSA) is 67.9 Å². The van der Waals surface area contributed by atoms with Crippen molar-refractivity contribution in [1.29, 1.82) is 0 Å². The maximum absolute atomic E-state index is 12.3. The molecule has 2 rings (SSSR count). The van der Waals surface area contributed by atoms with E-state index in [1.54, 1.807) is 17.0 Å². The minimum atomic E-state index is -0.519. The van der Waals surface area contributed by atoms with Gasteiger partial charge in [-0.05, 0) is 45.9 Å². The molecule has 1 amide bonds. The lowest BCUT2D eigenvalue weighted by Crippen LogP contribution is -2.51. The highest BCUT2D eigenvalue weighted by molar-refractivity contribution is 9.10. The van der Waals surface area contributed by atoms with Gasteiger partial charge in [0.05, 0.1) is 25.8 Å². The van der Waals surface area contributed by atoms with E-state index >= 15 is 0 Å².